The van der Waals surface area contributed by atoms with Gasteiger partial charge in [-0.15, -0.1) is 0 Å². The number of aromatic nitrogens is 2. The topological polar surface area (TPSA) is 25.8 Å². The van der Waals surface area contributed by atoms with Crippen LogP contribution in [0.1, 0.15) is 25.0 Å². The summed E-state index contributed by atoms with van der Waals surface area (Å²) >= 11 is 0. The first-order valence-corrected chi connectivity index (χ1v) is 16.2. The van der Waals surface area contributed by atoms with Gasteiger partial charge in [0.05, 0.1) is 11.4 Å². The second-order valence-corrected chi connectivity index (χ2v) is 13.1. The number of hydrogen-bond acceptors (Lipinski definition) is 2. The molecule has 2 heteroatoms. The summed E-state index contributed by atoms with van der Waals surface area (Å²) < 4.78 is 0. The first-order chi connectivity index (χ1) is 23.0. The van der Waals surface area contributed by atoms with Gasteiger partial charge in [0.25, 0.3) is 0 Å². The molecule has 0 saturated carbocycles. The summed E-state index contributed by atoms with van der Waals surface area (Å²) in [6, 6.07) is 56.5. The highest BCUT2D eigenvalue weighted by Crippen LogP contribution is 2.50. The quantitative estimate of drug-likeness (QED) is 0.188. The first-order valence-electron chi connectivity index (χ1n) is 16.2. The molecule has 7 aromatic carbocycles. The molecule has 1 aliphatic carbocycles. The molecule has 0 spiro atoms. The van der Waals surface area contributed by atoms with Crippen LogP contribution in [0, 0.1) is 0 Å². The minimum atomic E-state index is -0.0593. The molecule has 9 rings (SSSR count). The zero-order valence-electron chi connectivity index (χ0n) is 26.4. The van der Waals surface area contributed by atoms with Crippen molar-refractivity contribution in [2.24, 2.45) is 0 Å². The maximum absolute atomic E-state index is 5.22. The van der Waals surface area contributed by atoms with Gasteiger partial charge < -0.3 is 0 Å². The number of fused-ring (bicyclic) bond motifs is 6. The molecule has 0 radical (unpaired) electrons. The molecular weight excluding hydrogens is 569 g/mol. The summed E-state index contributed by atoms with van der Waals surface area (Å²) in [4.78, 5) is 10.4. The molecule has 0 atom stereocenters. The minimum Gasteiger partial charge on any atom is -0.228 e. The van der Waals surface area contributed by atoms with Gasteiger partial charge in [0.1, 0.15) is 0 Å². The van der Waals surface area contributed by atoms with Gasteiger partial charge in [-0.1, -0.05) is 141 Å². The van der Waals surface area contributed by atoms with Crippen LogP contribution in [0.3, 0.4) is 0 Å². The second kappa shape index (κ2) is 10.6. The smallest absolute Gasteiger partial charge is 0.160 e. The lowest BCUT2D eigenvalue weighted by atomic mass is 9.81. The predicted molar refractivity (Wildman–Crippen MR) is 196 cm³/mol. The van der Waals surface area contributed by atoms with Crippen LogP contribution in [0.5, 0.6) is 0 Å². The van der Waals surface area contributed by atoms with E-state index in [9.17, 15) is 0 Å². The Morgan fingerprint density at radius 1 is 0.383 bits per heavy atom. The van der Waals surface area contributed by atoms with Gasteiger partial charge in [0.15, 0.2) is 5.82 Å². The Balaban J connectivity index is 1.23. The highest BCUT2D eigenvalue weighted by molar-refractivity contribution is 6.10. The molecule has 0 fully saturated rings. The Bertz CT molecular complexity index is 2480. The molecule has 0 saturated heterocycles. The van der Waals surface area contributed by atoms with Crippen molar-refractivity contribution in [3.05, 3.63) is 169 Å². The average molecular weight is 601 g/mol. The van der Waals surface area contributed by atoms with E-state index in [1.54, 1.807) is 0 Å². The van der Waals surface area contributed by atoms with Crippen LogP contribution < -0.4 is 0 Å². The lowest BCUT2D eigenvalue weighted by molar-refractivity contribution is 0.661. The summed E-state index contributed by atoms with van der Waals surface area (Å²) in [6.45, 7) is 4.69. The summed E-state index contributed by atoms with van der Waals surface area (Å²) in [5, 5.41) is 4.94. The maximum Gasteiger partial charge on any atom is 0.160 e. The molecule has 0 amide bonds. The molecule has 1 aromatic heterocycles. The summed E-state index contributed by atoms with van der Waals surface area (Å²) in [5.74, 6) is 0.722. The number of nitrogens with zero attached hydrogens (tertiary/aromatic N) is 2. The van der Waals surface area contributed by atoms with Gasteiger partial charge >= 0.3 is 0 Å². The van der Waals surface area contributed by atoms with Crippen molar-refractivity contribution in [1.29, 1.82) is 0 Å². The van der Waals surface area contributed by atoms with Crippen molar-refractivity contribution >= 4 is 21.5 Å². The van der Waals surface area contributed by atoms with Gasteiger partial charge in [-0.3, -0.25) is 0 Å². The molecule has 2 nitrogen and oxygen atoms in total. The van der Waals surface area contributed by atoms with Gasteiger partial charge in [0.2, 0.25) is 0 Å². The minimum absolute atomic E-state index is 0.0593. The zero-order chi connectivity index (χ0) is 31.5. The van der Waals surface area contributed by atoms with Crippen LogP contribution in [-0.2, 0) is 5.41 Å². The van der Waals surface area contributed by atoms with E-state index in [0.29, 0.717) is 0 Å². The fourth-order valence-corrected chi connectivity index (χ4v) is 7.36. The second-order valence-electron chi connectivity index (χ2n) is 13.1. The lowest BCUT2D eigenvalue weighted by Crippen LogP contribution is -2.14. The van der Waals surface area contributed by atoms with Crippen molar-refractivity contribution < 1.29 is 0 Å². The maximum atomic E-state index is 5.22. The molecule has 0 bridgehead atoms. The van der Waals surface area contributed by atoms with E-state index in [2.05, 4.69) is 166 Å². The fourth-order valence-electron chi connectivity index (χ4n) is 7.36. The third-order valence-electron chi connectivity index (χ3n) is 9.86. The van der Waals surface area contributed by atoms with Crippen molar-refractivity contribution in [3.63, 3.8) is 0 Å². The van der Waals surface area contributed by atoms with E-state index in [1.165, 1.54) is 54.9 Å². The SMILES string of the molecule is CC1(C)c2ccccc2-c2cc3ccc4ccc(-c5nc(-c6ccccc6)cc(-c6cccc(-c7ccccc7)c6)n5)cc4c3cc21. The van der Waals surface area contributed by atoms with E-state index in [1.807, 2.05) is 6.07 Å². The van der Waals surface area contributed by atoms with E-state index >= 15 is 0 Å². The van der Waals surface area contributed by atoms with E-state index in [4.69, 9.17) is 9.97 Å². The van der Waals surface area contributed by atoms with E-state index in [0.717, 1.165) is 33.9 Å². The van der Waals surface area contributed by atoms with Crippen LogP contribution in [0.15, 0.2) is 158 Å². The highest BCUT2D eigenvalue weighted by Gasteiger charge is 2.35. The molecule has 0 aliphatic heterocycles. The van der Waals surface area contributed by atoms with Crippen molar-refractivity contribution in [1.82, 2.24) is 9.97 Å². The summed E-state index contributed by atoms with van der Waals surface area (Å²) in [7, 11) is 0. The van der Waals surface area contributed by atoms with Crippen LogP contribution >= 0.6 is 0 Å². The predicted octanol–water partition coefficient (Wildman–Crippen LogP) is 11.8. The van der Waals surface area contributed by atoms with Crippen LogP contribution in [0.2, 0.25) is 0 Å². The third kappa shape index (κ3) is 4.56. The first kappa shape index (κ1) is 27.5. The van der Waals surface area contributed by atoms with Crippen molar-refractivity contribution in [3.8, 4) is 56.2 Å². The Labute approximate surface area is 275 Å². The molecule has 1 heterocycles. The largest absolute Gasteiger partial charge is 0.228 e. The van der Waals surface area contributed by atoms with E-state index < -0.39 is 0 Å². The fraction of sp³-hybridized carbons (Fsp3) is 0.0667. The standard InChI is InChI=1S/C45H32N2/c1-45(2)40-19-10-9-18-36(40)39-25-33-22-20-30-21-23-35(26-37(30)38(33)27-41(39)45)44-46-42(31-14-7-4-8-15-31)28-43(47-44)34-17-11-16-32(24-34)29-12-5-3-6-13-29/h3-28H,1-2H3. The Morgan fingerprint density at radius 2 is 1.00 bits per heavy atom. The highest BCUT2D eigenvalue weighted by atomic mass is 14.9. The Kier molecular flexibility index (Phi) is 6.20. The van der Waals surface area contributed by atoms with Crippen molar-refractivity contribution in [2.45, 2.75) is 19.3 Å². The van der Waals surface area contributed by atoms with E-state index in [-0.39, 0.29) is 5.41 Å². The number of benzene rings is 7. The zero-order valence-corrected chi connectivity index (χ0v) is 26.4. The molecule has 222 valence electrons. The average Bonchev–Trinajstić information content (AvgIpc) is 3.36. The Morgan fingerprint density at radius 3 is 1.81 bits per heavy atom. The summed E-state index contributed by atoms with van der Waals surface area (Å²) in [6.07, 6.45) is 0. The Hall–Kier alpha value is -5.86. The molecule has 47 heavy (non-hydrogen) atoms. The molecular formula is C45H32N2. The van der Waals surface area contributed by atoms with Gasteiger partial charge in [-0.05, 0) is 85.3 Å². The van der Waals surface area contributed by atoms with Gasteiger partial charge in [-0.25, -0.2) is 9.97 Å². The van der Waals surface area contributed by atoms with Gasteiger partial charge in [0, 0.05) is 22.1 Å². The van der Waals surface area contributed by atoms with Crippen LogP contribution in [-0.4, -0.2) is 9.97 Å². The monoisotopic (exact) mass is 600 g/mol. The molecule has 0 unspecified atom stereocenters. The third-order valence-corrected chi connectivity index (χ3v) is 9.86. The molecule has 8 aromatic rings. The lowest BCUT2D eigenvalue weighted by Gasteiger charge is -2.22. The molecule has 1 aliphatic rings. The number of hydrogen-bond donors (Lipinski definition) is 0. The number of rotatable bonds is 4. The molecule has 0 N–H and O–H groups in total. The van der Waals surface area contributed by atoms with Crippen LogP contribution in [0.4, 0.5) is 0 Å². The van der Waals surface area contributed by atoms with Crippen molar-refractivity contribution in [2.75, 3.05) is 0 Å². The van der Waals surface area contributed by atoms with Crippen LogP contribution in [0.25, 0.3) is 77.7 Å². The normalized spacial score (nSPS) is 13.1. The van der Waals surface area contributed by atoms with Gasteiger partial charge in [-0.2, -0.15) is 0 Å². The summed E-state index contributed by atoms with van der Waals surface area (Å²) in [5.41, 5.74) is 12.7.